The summed E-state index contributed by atoms with van der Waals surface area (Å²) in [5, 5.41) is 41.6. The Balaban J connectivity index is 3.12. The van der Waals surface area contributed by atoms with Crippen LogP contribution in [0.4, 0.5) is 5.69 Å². The minimum absolute atomic E-state index is 0.0156. The van der Waals surface area contributed by atoms with Crippen LogP contribution in [0.5, 0.6) is 0 Å². The van der Waals surface area contributed by atoms with Gasteiger partial charge in [-0.25, -0.2) is 4.79 Å². The predicted octanol–water partition coefficient (Wildman–Crippen LogP) is 0.516. The summed E-state index contributed by atoms with van der Waals surface area (Å²) in [4.78, 5) is 21.4. The topological polar surface area (TPSA) is 133 Å². The molecule has 0 aromatic heterocycles. The molecule has 21 heavy (non-hydrogen) atoms. The second-order valence-corrected chi connectivity index (χ2v) is 4.68. The first kappa shape index (κ1) is 17.0. The Morgan fingerprint density at radius 3 is 2.43 bits per heavy atom. The van der Waals surface area contributed by atoms with E-state index >= 15 is 0 Å². The van der Waals surface area contributed by atoms with Gasteiger partial charge in [0.15, 0.2) is 0 Å². The molecule has 0 aliphatic carbocycles. The third-order valence-electron chi connectivity index (χ3n) is 3.48. The predicted molar refractivity (Wildman–Crippen MR) is 74.1 cm³/mol. The SMILES string of the molecule is CCC(CO)(CO)NCc1cccc([N+](=O)[O-])c1C(=O)O. The van der Waals surface area contributed by atoms with Crippen LogP contribution in [0, 0.1) is 10.1 Å². The number of rotatable bonds is 8. The molecule has 0 amide bonds. The van der Waals surface area contributed by atoms with Crippen molar-refractivity contribution in [2.75, 3.05) is 13.2 Å². The zero-order chi connectivity index (χ0) is 16.0. The second kappa shape index (κ2) is 7.11. The van der Waals surface area contributed by atoms with Crippen molar-refractivity contribution in [1.82, 2.24) is 5.32 Å². The fourth-order valence-electron chi connectivity index (χ4n) is 1.93. The van der Waals surface area contributed by atoms with Crippen molar-refractivity contribution in [3.8, 4) is 0 Å². The quantitative estimate of drug-likeness (QED) is 0.406. The fourth-order valence-corrected chi connectivity index (χ4v) is 1.93. The maximum atomic E-state index is 11.2. The van der Waals surface area contributed by atoms with E-state index in [0.717, 1.165) is 6.07 Å². The van der Waals surface area contributed by atoms with Crippen molar-refractivity contribution in [3.63, 3.8) is 0 Å². The number of hydrogen-bond acceptors (Lipinski definition) is 6. The summed E-state index contributed by atoms with van der Waals surface area (Å²) >= 11 is 0. The van der Waals surface area contributed by atoms with Gasteiger partial charge >= 0.3 is 5.97 Å². The van der Waals surface area contributed by atoms with Crippen molar-refractivity contribution >= 4 is 11.7 Å². The Kier molecular flexibility index (Phi) is 5.77. The van der Waals surface area contributed by atoms with Crippen molar-refractivity contribution in [2.45, 2.75) is 25.4 Å². The van der Waals surface area contributed by atoms with E-state index in [1.807, 2.05) is 0 Å². The summed E-state index contributed by atoms with van der Waals surface area (Å²) in [7, 11) is 0. The number of nitro groups is 1. The Morgan fingerprint density at radius 2 is 2.00 bits per heavy atom. The number of aliphatic hydroxyl groups excluding tert-OH is 2. The molecule has 0 saturated heterocycles. The highest BCUT2D eigenvalue weighted by Crippen LogP contribution is 2.23. The molecule has 0 spiro atoms. The molecule has 1 rings (SSSR count). The van der Waals surface area contributed by atoms with Gasteiger partial charge in [0.05, 0.1) is 23.7 Å². The van der Waals surface area contributed by atoms with E-state index in [-0.39, 0.29) is 25.3 Å². The van der Waals surface area contributed by atoms with E-state index in [2.05, 4.69) is 5.32 Å². The van der Waals surface area contributed by atoms with E-state index in [1.54, 1.807) is 6.92 Å². The number of aliphatic hydroxyl groups is 2. The van der Waals surface area contributed by atoms with Gasteiger partial charge in [-0.1, -0.05) is 19.1 Å². The van der Waals surface area contributed by atoms with Gasteiger partial charge in [0.1, 0.15) is 5.56 Å². The van der Waals surface area contributed by atoms with Crippen LogP contribution in [0.3, 0.4) is 0 Å². The summed E-state index contributed by atoms with van der Waals surface area (Å²) in [5.41, 5.74) is -1.62. The highest BCUT2D eigenvalue weighted by Gasteiger charge is 2.28. The molecule has 4 N–H and O–H groups in total. The van der Waals surface area contributed by atoms with E-state index < -0.39 is 27.7 Å². The summed E-state index contributed by atoms with van der Waals surface area (Å²) in [6.07, 6.45) is 0.414. The molecular formula is C13H18N2O6. The lowest BCUT2D eigenvalue weighted by Gasteiger charge is -2.30. The van der Waals surface area contributed by atoms with E-state index in [4.69, 9.17) is 5.11 Å². The van der Waals surface area contributed by atoms with Crippen LogP contribution in [0.25, 0.3) is 0 Å². The lowest BCUT2D eigenvalue weighted by molar-refractivity contribution is -0.385. The maximum Gasteiger partial charge on any atom is 0.343 e. The Bertz CT molecular complexity index is 519. The zero-order valence-corrected chi connectivity index (χ0v) is 11.6. The van der Waals surface area contributed by atoms with E-state index in [9.17, 15) is 25.1 Å². The summed E-state index contributed by atoms with van der Waals surface area (Å²) in [6.45, 7) is 1.07. The first-order valence-electron chi connectivity index (χ1n) is 6.37. The van der Waals surface area contributed by atoms with Crippen LogP contribution in [0.2, 0.25) is 0 Å². The normalized spacial score (nSPS) is 11.4. The van der Waals surface area contributed by atoms with Gasteiger partial charge < -0.3 is 20.6 Å². The van der Waals surface area contributed by atoms with E-state index in [0.29, 0.717) is 6.42 Å². The van der Waals surface area contributed by atoms with Crippen LogP contribution in [-0.4, -0.2) is 45.0 Å². The van der Waals surface area contributed by atoms with Crippen LogP contribution in [-0.2, 0) is 6.54 Å². The molecule has 0 aliphatic rings. The molecule has 8 nitrogen and oxygen atoms in total. The lowest BCUT2D eigenvalue weighted by Crippen LogP contribution is -2.50. The van der Waals surface area contributed by atoms with Gasteiger partial charge in [0, 0.05) is 12.6 Å². The van der Waals surface area contributed by atoms with Crippen LogP contribution >= 0.6 is 0 Å². The van der Waals surface area contributed by atoms with Gasteiger partial charge in [-0.2, -0.15) is 0 Å². The number of nitro benzene ring substituents is 1. The number of nitrogens with zero attached hydrogens (tertiary/aromatic N) is 1. The molecule has 116 valence electrons. The maximum absolute atomic E-state index is 11.2. The molecule has 0 aliphatic heterocycles. The average molecular weight is 298 g/mol. The number of carboxylic acid groups (broad SMARTS) is 1. The number of hydrogen-bond donors (Lipinski definition) is 4. The molecule has 0 heterocycles. The standard InChI is InChI=1S/C13H18N2O6/c1-2-13(7-16,8-17)14-6-9-4-3-5-10(15(20)21)11(9)12(18)19/h3-5,14,16-17H,2,6-8H2,1H3,(H,18,19). The number of carboxylic acids is 1. The molecule has 0 atom stereocenters. The van der Waals surface area contributed by atoms with Crippen LogP contribution in [0.1, 0.15) is 29.3 Å². The zero-order valence-electron chi connectivity index (χ0n) is 11.6. The third kappa shape index (κ3) is 3.75. The number of nitrogens with one attached hydrogen (secondary N) is 1. The average Bonchev–Trinajstić information content (AvgIpc) is 2.48. The van der Waals surface area contributed by atoms with Gasteiger partial charge in [-0.05, 0) is 12.0 Å². The smallest absolute Gasteiger partial charge is 0.343 e. The van der Waals surface area contributed by atoms with Crippen molar-refractivity contribution < 1.29 is 25.0 Å². The van der Waals surface area contributed by atoms with Crippen LogP contribution in [0.15, 0.2) is 18.2 Å². The van der Waals surface area contributed by atoms with Gasteiger partial charge in [-0.3, -0.25) is 10.1 Å². The first-order chi connectivity index (χ1) is 9.90. The molecule has 0 saturated carbocycles. The second-order valence-electron chi connectivity index (χ2n) is 4.68. The Hall–Kier alpha value is -2.03. The fraction of sp³-hybridized carbons (Fsp3) is 0.462. The first-order valence-corrected chi connectivity index (χ1v) is 6.37. The third-order valence-corrected chi connectivity index (χ3v) is 3.48. The number of benzene rings is 1. The summed E-state index contributed by atoms with van der Waals surface area (Å²) in [6, 6.07) is 3.98. The van der Waals surface area contributed by atoms with Gasteiger partial charge in [-0.15, -0.1) is 0 Å². The summed E-state index contributed by atoms with van der Waals surface area (Å²) in [5.74, 6) is -1.39. The molecule has 0 bridgehead atoms. The van der Waals surface area contributed by atoms with Crippen molar-refractivity contribution in [1.29, 1.82) is 0 Å². The lowest BCUT2D eigenvalue weighted by atomic mass is 9.97. The van der Waals surface area contributed by atoms with Gasteiger partial charge in [0.25, 0.3) is 5.69 Å². The van der Waals surface area contributed by atoms with E-state index in [1.165, 1.54) is 12.1 Å². The molecule has 0 unspecified atom stereocenters. The van der Waals surface area contributed by atoms with Crippen LogP contribution < -0.4 is 5.32 Å². The molecule has 8 heteroatoms. The highest BCUT2D eigenvalue weighted by atomic mass is 16.6. The molecule has 1 aromatic carbocycles. The van der Waals surface area contributed by atoms with Crippen molar-refractivity contribution in [2.24, 2.45) is 0 Å². The molecule has 0 fully saturated rings. The Morgan fingerprint density at radius 1 is 1.38 bits per heavy atom. The largest absolute Gasteiger partial charge is 0.477 e. The minimum atomic E-state index is -1.39. The molecular weight excluding hydrogens is 280 g/mol. The highest BCUT2D eigenvalue weighted by molar-refractivity contribution is 5.94. The van der Waals surface area contributed by atoms with Gasteiger partial charge in [0.2, 0.25) is 0 Å². The monoisotopic (exact) mass is 298 g/mol. The molecule has 1 aromatic rings. The number of aromatic carboxylic acids is 1. The summed E-state index contributed by atoms with van der Waals surface area (Å²) < 4.78 is 0. The Labute approximate surface area is 121 Å². The minimum Gasteiger partial charge on any atom is -0.477 e. The van der Waals surface area contributed by atoms with Crippen molar-refractivity contribution in [3.05, 3.63) is 39.4 Å². The number of carbonyl (C=O) groups is 1. The molecule has 0 radical (unpaired) electrons.